The zero-order valence-corrected chi connectivity index (χ0v) is 22.1. The Morgan fingerprint density at radius 2 is 1.81 bits per heavy atom. The Labute approximate surface area is 228 Å². The number of aliphatic carboxylic acids is 1. The smallest absolute Gasteiger partial charge is 0.332 e. The number of nitrogens with one attached hydrogen (secondary N) is 1. The van der Waals surface area contributed by atoms with Crippen molar-refractivity contribution in [1.29, 1.82) is 0 Å². The summed E-state index contributed by atoms with van der Waals surface area (Å²) in [4.78, 5) is 31.3. The van der Waals surface area contributed by atoms with Crippen LogP contribution in [0.3, 0.4) is 0 Å². The van der Waals surface area contributed by atoms with Gasteiger partial charge in [-0.25, -0.2) is 9.78 Å². The minimum Gasteiger partial charge on any atom is -0.478 e. The molecule has 2 aromatic carbocycles. The fraction of sp³-hybridized carbons (Fsp3) is 0.250. The number of carbonyl (C=O) groups is 2. The molecular formula is C28H24Cl2N2O4S. The van der Waals surface area contributed by atoms with Gasteiger partial charge in [-0.1, -0.05) is 71.8 Å². The largest absolute Gasteiger partial charge is 0.478 e. The first-order chi connectivity index (χ1) is 17.9. The number of allylic oxidation sites excluding steroid dienone is 2. The molecule has 1 aliphatic carbocycles. The first kappa shape index (κ1) is 25.7. The molecule has 1 fully saturated rings. The van der Waals surface area contributed by atoms with E-state index >= 15 is 0 Å². The first-order valence-electron chi connectivity index (χ1n) is 11.9. The number of carboxylic acids is 1. The molecule has 2 heterocycles. The summed E-state index contributed by atoms with van der Waals surface area (Å²) in [7, 11) is 0. The standard InChI is InChI=1S/C28H24Cl2N2O4S/c29-22-7-6-18(14-23(22)30)24-16-37-27(32-24)28(26(35)31-19-9-12-36-13-10-19)11-8-20(21(15-28)25(33)34)17-4-2-1-3-5-17/h1-8,11,14,16,19H,9-10,12-13,15H2,(H,31,35)(H,33,34). The molecule has 2 N–H and O–H groups in total. The molecule has 9 heteroatoms. The number of halogens is 2. The lowest BCUT2D eigenvalue weighted by atomic mass is 9.74. The lowest BCUT2D eigenvalue weighted by Crippen LogP contribution is -2.50. The minimum absolute atomic E-state index is 0.0214. The summed E-state index contributed by atoms with van der Waals surface area (Å²) in [5.41, 5.74) is 1.66. The van der Waals surface area contributed by atoms with Crippen LogP contribution < -0.4 is 5.32 Å². The molecule has 1 unspecified atom stereocenters. The number of amides is 1. The van der Waals surface area contributed by atoms with Crippen molar-refractivity contribution in [2.45, 2.75) is 30.7 Å². The summed E-state index contributed by atoms with van der Waals surface area (Å²) < 4.78 is 5.44. The number of carboxylic acid groups (broad SMARTS) is 1. The molecule has 1 saturated heterocycles. The Morgan fingerprint density at radius 3 is 2.51 bits per heavy atom. The maximum absolute atomic E-state index is 14.0. The average molecular weight is 555 g/mol. The van der Waals surface area contributed by atoms with Crippen molar-refractivity contribution in [1.82, 2.24) is 10.3 Å². The Bertz CT molecular complexity index is 1400. The van der Waals surface area contributed by atoms with E-state index in [1.165, 1.54) is 11.3 Å². The number of aromatic nitrogens is 1. The highest BCUT2D eigenvalue weighted by Crippen LogP contribution is 2.43. The second-order valence-electron chi connectivity index (χ2n) is 9.07. The Morgan fingerprint density at radius 1 is 1.05 bits per heavy atom. The number of hydrogen-bond donors (Lipinski definition) is 2. The van der Waals surface area contributed by atoms with Crippen LogP contribution in [0.2, 0.25) is 10.0 Å². The van der Waals surface area contributed by atoms with Gasteiger partial charge in [-0.15, -0.1) is 11.3 Å². The van der Waals surface area contributed by atoms with E-state index in [-0.39, 0.29) is 23.9 Å². The molecule has 0 radical (unpaired) electrons. The lowest BCUT2D eigenvalue weighted by Gasteiger charge is -2.34. The highest BCUT2D eigenvalue weighted by molar-refractivity contribution is 7.10. The summed E-state index contributed by atoms with van der Waals surface area (Å²) in [6, 6.07) is 14.5. The van der Waals surface area contributed by atoms with Crippen molar-refractivity contribution in [3.8, 4) is 11.3 Å². The lowest BCUT2D eigenvalue weighted by molar-refractivity contribution is -0.133. The fourth-order valence-corrected chi connectivity index (χ4v) is 5.97. The Hall–Kier alpha value is -2.97. The van der Waals surface area contributed by atoms with Crippen LogP contribution in [0.5, 0.6) is 0 Å². The summed E-state index contributed by atoms with van der Waals surface area (Å²) in [6.07, 6.45) is 4.93. The van der Waals surface area contributed by atoms with Crippen molar-refractivity contribution in [2.24, 2.45) is 0 Å². The van der Waals surface area contributed by atoms with E-state index in [0.29, 0.717) is 52.4 Å². The van der Waals surface area contributed by atoms with Gasteiger partial charge < -0.3 is 15.2 Å². The molecule has 1 amide bonds. The van der Waals surface area contributed by atoms with Gasteiger partial charge in [0.2, 0.25) is 5.91 Å². The molecule has 190 valence electrons. The molecule has 5 rings (SSSR count). The van der Waals surface area contributed by atoms with Crippen LogP contribution >= 0.6 is 34.5 Å². The molecule has 3 aromatic rings. The van der Waals surface area contributed by atoms with Gasteiger partial charge in [0.25, 0.3) is 0 Å². The normalized spacial score (nSPS) is 20.2. The average Bonchev–Trinajstić information content (AvgIpc) is 3.42. The van der Waals surface area contributed by atoms with Gasteiger partial charge >= 0.3 is 5.97 Å². The summed E-state index contributed by atoms with van der Waals surface area (Å²) in [5, 5.41) is 16.6. The van der Waals surface area contributed by atoms with E-state index in [1.807, 2.05) is 41.8 Å². The second-order valence-corrected chi connectivity index (χ2v) is 10.7. The van der Waals surface area contributed by atoms with Gasteiger partial charge in [-0.05, 0) is 36.1 Å². The van der Waals surface area contributed by atoms with Gasteiger partial charge in [0.05, 0.1) is 15.7 Å². The fourth-order valence-electron chi connectivity index (χ4n) is 4.66. The van der Waals surface area contributed by atoms with Crippen molar-refractivity contribution >= 4 is 52.0 Å². The number of hydrogen-bond acceptors (Lipinski definition) is 5. The number of thiazole rings is 1. The van der Waals surface area contributed by atoms with E-state index in [0.717, 1.165) is 11.1 Å². The van der Waals surface area contributed by atoms with Crippen molar-refractivity contribution in [3.05, 3.63) is 92.3 Å². The first-order valence-corrected chi connectivity index (χ1v) is 13.5. The van der Waals surface area contributed by atoms with E-state index in [4.69, 9.17) is 32.9 Å². The maximum Gasteiger partial charge on any atom is 0.332 e. The van der Waals surface area contributed by atoms with Crippen molar-refractivity contribution < 1.29 is 19.4 Å². The summed E-state index contributed by atoms with van der Waals surface area (Å²) >= 11 is 13.6. The number of rotatable bonds is 6. The quantitative estimate of drug-likeness (QED) is 0.381. The topological polar surface area (TPSA) is 88.5 Å². The van der Waals surface area contributed by atoms with Gasteiger partial charge in [-0.3, -0.25) is 4.79 Å². The van der Waals surface area contributed by atoms with Crippen LogP contribution in [-0.4, -0.2) is 41.2 Å². The molecule has 1 aliphatic heterocycles. The molecule has 2 aliphatic rings. The van der Waals surface area contributed by atoms with Crippen LogP contribution in [0, 0.1) is 0 Å². The van der Waals surface area contributed by atoms with Gasteiger partial charge in [0.1, 0.15) is 10.4 Å². The number of ether oxygens (including phenoxy) is 1. The highest BCUT2D eigenvalue weighted by atomic mass is 35.5. The number of benzene rings is 2. The number of carbonyl (C=O) groups excluding carboxylic acids is 1. The van der Waals surface area contributed by atoms with Crippen LogP contribution in [0.1, 0.15) is 29.8 Å². The molecule has 37 heavy (non-hydrogen) atoms. The van der Waals surface area contributed by atoms with Crippen molar-refractivity contribution in [2.75, 3.05) is 13.2 Å². The minimum atomic E-state index is -1.27. The Kier molecular flexibility index (Phi) is 7.49. The number of nitrogens with zero attached hydrogens (tertiary/aromatic N) is 1. The zero-order valence-electron chi connectivity index (χ0n) is 19.7. The van der Waals surface area contributed by atoms with Gasteiger partial charge in [0.15, 0.2) is 0 Å². The third kappa shape index (κ3) is 5.22. The zero-order chi connectivity index (χ0) is 26.0. The van der Waals surface area contributed by atoms with E-state index in [2.05, 4.69) is 5.32 Å². The van der Waals surface area contributed by atoms with Crippen LogP contribution in [0.15, 0.2) is 71.6 Å². The second kappa shape index (κ2) is 10.8. The molecule has 1 atom stereocenters. The molecule has 0 bridgehead atoms. The Balaban J connectivity index is 1.57. The van der Waals surface area contributed by atoms with Gasteiger partial charge in [0, 0.05) is 42.2 Å². The SMILES string of the molecule is O=C(O)C1=C(c2ccccc2)C=CC(C(=O)NC2CCOCC2)(c2nc(-c3ccc(Cl)c(Cl)c3)cs2)C1. The molecule has 1 aromatic heterocycles. The van der Waals surface area contributed by atoms with E-state index in [9.17, 15) is 14.7 Å². The van der Waals surface area contributed by atoms with Crippen LogP contribution in [0.25, 0.3) is 16.8 Å². The van der Waals surface area contributed by atoms with Crippen molar-refractivity contribution in [3.63, 3.8) is 0 Å². The molecule has 6 nitrogen and oxygen atoms in total. The van der Waals surface area contributed by atoms with Crippen LogP contribution in [0.4, 0.5) is 0 Å². The van der Waals surface area contributed by atoms with E-state index < -0.39 is 11.4 Å². The third-order valence-electron chi connectivity index (χ3n) is 6.72. The molecular weight excluding hydrogens is 531 g/mol. The van der Waals surface area contributed by atoms with Crippen LogP contribution in [-0.2, 0) is 19.7 Å². The third-order valence-corrected chi connectivity index (χ3v) is 8.48. The van der Waals surface area contributed by atoms with E-state index in [1.54, 1.807) is 24.3 Å². The predicted octanol–water partition coefficient (Wildman–Crippen LogP) is 6.15. The molecule has 0 saturated carbocycles. The summed E-state index contributed by atoms with van der Waals surface area (Å²) in [6.45, 7) is 1.15. The monoisotopic (exact) mass is 554 g/mol. The molecule has 0 spiro atoms. The summed E-state index contributed by atoms with van der Waals surface area (Å²) in [5.74, 6) is -1.33. The maximum atomic E-state index is 14.0. The predicted molar refractivity (Wildman–Crippen MR) is 146 cm³/mol. The van der Waals surface area contributed by atoms with Gasteiger partial charge in [-0.2, -0.15) is 0 Å². The highest BCUT2D eigenvalue weighted by Gasteiger charge is 2.45.